The summed E-state index contributed by atoms with van der Waals surface area (Å²) in [5, 5.41) is 5.71. The topological polar surface area (TPSA) is 92.2 Å². The minimum absolute atomic E-state index is 0.0569. The van der Waals surface area contributed by atoms with Gasteiger partial charge in [0.2, 0.25) is 11.7 Å². The molecule has 3 heterocycles. The summed E-state index contributed by atoms with van der Waals surface area (Å²) in [7, 11) is 1.56. The van der Waals surface area contributed by atoms with Crippen LogP contribution in [0, 0.1) is 5.82 Å². The van der Waals surface area contributed by atoms with Crippen LogP contribution in [0.2, 0.25) is 0 Å². The summed E-state index contributed by atoms with van der Waals surface area (Å²) in [4.78, 5) is 30.6. The van der Waals surface area contributed by atoms with Crippen LogP contribution in [0.4, 0.5) is 4.39 Å². The Morgan fingerprint density at radius 3 is 2.78 bits per heavy atom. The molecule has 0 fully saturated rings. The average molecular weight is 450 g/mol. The lowest BCUT2D eigenvalue weighted by molar-refractivity contribution is 0.370. The molecule has 0 spiro atoms. The van der Waals surface area contributed by atoms with Crippen LogP contribution in [0.25, 0.3) is 27.3 Å². The van der Waals surface area contributed by atoms with Crippen LogP contribution in [-0.4, -0.2) is 26.4 Å². The number of thiophene rings is 1. The summed E-state index contributed by atoms with van der Waals surface area (Å²) in [6, 6.07) is 14.2. The summed E-state index contributed by atoms with van der Waals surface area (Å²) < 4.78 is 27.0. The number of rotatable bonds is 5. The highest BCUT2D eigenvalue weighted by molar-refractivity contribution is 7.17. The first-order chi connectivity index (χ1) is 15.5. The Morgan fingerprint density at radius 2 is 1.97 bits per heavy atom. The molecule has 5 aromatic rings. The second kappa shape index (κ2) is 7.89. The molecule has 0 bridgehead atoms. The van der Waals surface area contributed by atoms with E-state index >= 15 is 0 Å². The third-order valence-electron chi connectivity index (χ3n) is 4.91. The maximum atomic E-state index is 13.8. The molecule has 160 valence electrons. The number of methoxy groups -OCH3 is 1. The van der Waals surface area contributed by atoms with Crippen LogP contribution in [-0.2, 0) is 6.54 Å². The molecule has 0 aliphatic heterocycles. The molecule has 0 atom stereocenters. The Morgan fingerprint density at radius 1 is 1.12 bits per heavy atom. The molecule has 3 aromatic heterocycles. The summed E-state index contributed by atoms with van der Waals surface area (Å²) in [5.41, 5.74) is 0.139. The van der Waals surface area contributed by atoms with Crippen molar-refractivity contribution >= 4 is 21.6 Å². The molecule has 8 nitrogen and oxygen atoms in total. The zero-order valence-electron chi connectivity index (χ0n) is 16.7. The monoisotopic (exact) mass is 450 g/mol. The second-order valence-corrected chi connectivity index (χ2v) is 7.78. The fourth-order valence-electron chi connectivity index (χ4n) is 3.42. The third kappa shape index (κ3) is 3.40. The van der Waals surface area contributed by atoms with E-state index < -0.39 is 17.1 Å². The van der Waals surface area contributed by atoms with E-state index in [-0.39, 0.29) is 18.1 Å². The molecule has 0 amide bonds. The molecule has 0 N–H and O–H groups in total. The molecule has 10 heteroatoms. The van der Waals surface area contributed by atoms with Crippen molar-refractivity contribution in [3.05, 3.63) is 92.5 Å². The van der Waals surface area contributed by atoms with Crippen LogP contribution in [0.1, 0.15) is 5.89 Å². The van der Waals surface area contributed by atoms with Gasteiger partial charge in [-0.05, 0) is 41.8 Å². The highest BCUT2D eigenvalue weighted by atomic mass is 32.1. The van der Waals surface area contributed by atoms with Crippen molar-refractivity contribution in [3.8, 4) is 22.8 Å². The minimum Gasteiger partial charge on any atom is -0.497 e. The summed E-state index contributed by atoms with van der Waals surface area (Å²) in [5.74, 6) is 0.618. The van der Waals surface area contributed by atoms with E-state index in [9.17, 15) is 14.0 Å². The number of benzene rings is 2. The number of nitrogens with zero attached hydrogens (tertiary/aromatic N) is 4. The number of fused-ring (bicyclic) bond motifs is 1. The maximum Gasteiger partial charge on any atom is 0.336 e. The molecule has 0 aliphatic rings. The van der Waals surface area contributed by atoms with Crippen molar-refractivity contribution < 1.29 is 13.7 Å². The quantitative estimate of drug-likeness (QED) is 0.407. The summed E-state index contributed by atoms with van der Waals surface area (Å²) >= 11 is 1.20. The molecular formula is C22H15FN4O4S. The molecule has 0 saturated heterocycles. The minimum atomic E-state index is -0.632. The van der Waals surface area contributed by atoms with Crippen molar-refractivity contribution in [2.75, 3.05) is 7.11 Å². The van der Waals surface area contributed by atoms with Crippen LogP contribution < -0.4 is 16.0 Å². The van der Waals surface area contributed by atoms with Gasteiger partial charge in [0.15, 0.2) is 0 Å². The summed E-state index contributed by atoms with van der Waals surface area (Å²) in [6.07, 6.45) is 0. The molecule has 2 aromatic carbocycles. The SMILES string of the molecule is COc1cccc(-c2noc(Cn3c(=O)n(-c4cccc(F)c4)c(=O)c4sccc43)n2)c1. The van der Waals surface area contributed by atoms with Gasteiger partial charge in [-0.3, -0.25) is 9.36 Å². The largest absolute Gasteiger partial charge is 0.497 e. The Labute approximate surface area is 183 Å². The number of ether oxygens (including phenoxy) is 1. The van der Waals surface area contributed by atoms with Crippen molar-refractivity contribution in [1.29, 1.82) is 0 Å². The standard InChI is InChI=1S/C22H15FN4O4S/c1-30-16-7-2-4-13(10-16)20-24-18(31-25-20)12-26-17-8-9-32-19(17)21(28)27(22(26)29)15-6-3-5-14(23)11-15/h2-11H,12H2,1H3. The van der Waals surface area contributed by atoms with Crippen LogP contribution in [0.15, 0.2) is 74.1 Å². The van der Waals surface area contributed by atoms with Crippen molar-refractivity contribution in [3.63, 3.8) is 0 Å². The molecule has 0 unspecified atom stereocenters. The zero-order chi connectivity index (χ0) is 22.2. The van der Waals surface area contributed by atoms with Crippen molar-refractivity contribution in [2.24, 2.45) is 0 Å². The normalized spacial score (nSPS) is 11.2. The van der Waals surface area contributed by atoms with Gasteiger partial charge in [0.1, 0.15) is 22.8 Å². The fourth-order valence-corrected chi connectivity index (χ4v) is 4.24. The molecular weight excluding hydrogens is 435 g/mol. The number of aromatic nitrogens is 4. The molecule has 0 radical (unpaired) electrons. The Hall–Kier alpha value is -4.05. The van der Waals surface area contributed by atoms with E-state index in [4.69, 9.17) is 9.26 Å². The smallest absolute Gasteiger partial charge is 0.336 e. The lowest BCUT2D eigenvalue weighted by Crippen LogP contribution is -2.38. The van der Waals surface area contributed by atoms with Gasteiger partial charge in [-0.1, -0.05) is 23.4 Å². The zero-order valence-corrected chi connectivity index (χ0v) is 17.5. The predicted molar refractivity (Wildman–Crippen MR) is 117 cm³/mol. The summed E-state index contributed by atoms with van der Waals surface area (Å²) in [6.45, 7) is -0.0569. The highest BCUT2D eigenvalue weighted by Crippen LogP contribution is 2.22. The van der Waals surface area contributed by atoms with Crippen molar-refractivity contribution in [1.82, 2.24) is 19.3 Å². The van der Waals surface area contributed by atoms with E-state index in [1.807, 2.05) is 6.07 Å². The van der Waals surface area contributed by atoms with Gasteiger partial charge in [-0.15, -0.1) is 11.3 Å². The Kier molecular flexibility index (Phi) is 4.91. The van der Waals surface area contributed by atoms with Crippen LogP contribution in [0.5, 0.6) is 5.75 Å². The van der Waals surface area contributed by atoms with Gasteiger partial charge in [-0.2, -0.15) is 4.98 Å². The highest BCUT2D eigenvalue weighted by Gasteiger charge is 2.18. The van der Waals surface area contributed by atoms with Gasteiger partial charge in [-0.25, -0.2) is 13.8 Å². The van der Waals surface area contributed by atoms with E-state index in [1.165, 1.54) is 34.1 Å². The van der Waals surface area contributed by atoms with Crippen LogP contribution in [0.3, 0.4) is 0 Å². The number of halogens is 1. The first kappa shape index (κ1) is 19.9. The fraction of sp³-hybridized carbons (Fsp3) is 0.0909. The molecule has 32 heavy (non-hydrogen) atoms. The van der Waals surface area contributed by atoms with E-state index in [0.29, 0.717) is 27.4 Å². The van der Waals surface area contributed by atoms with Gasteiger partial charge in [0, 0.05) is 5.56 Å². The van der Waals surface area contributed by atoms with Gasteiger partial charge >= 0.3 is 5.69 Å². The van der Waals surface area contributed by atoms with Gasteiger partial charge in [0.25, 0.3) is 5.56 Å². The van der Waals surface area contributed by atoms with Gasteiger partial charge in [0.05, 0.1) is 18.3 Å². The van der Waals surface area contributed by atoms with E-state index in [2.05, 4.69) is 10.1 Å². The first-order valence-corrected chi connectivity index (χ1v) is 10.4. The predicted octanol–water partition coefficient (Wildman–Crippen LogP) is 3.46. The average Bonchev–Trinajstić information content (AvgIpc) is 3.47. The lowest BCUT2D eigenvalue weighted by Gasteiger charge is -2.10. The molecule has 5 rings (SSSR count). The lowest BCUT2D eigenvalue weighted by atomic mass is 10.2. The van der Waals surface area contributed by atoms with E-state index in [0.717, 1.165) is 10.6 Å². The molecule has 0 saturated carbocycles. The Balaban J connectivity index is 1.61. The Bertz CT molecular complexity index is 1570. The molecule has 0 aliphatic carbocycles. The first-order valence-electron chi connectivity index (χ1n) is 9.51. The number of hydrogen-bond acceptors (Lipinski definition) is 7. The van der Waals surface area contributed by atoms with E-state index in [1.54, 1.807) is 36.8 Å². The third-order valence-corrected chi connectivity index (χ3v) is 5.80. The van der Waals surface area contributed by atoms with Crippen molar-refractivity contribution in [2.45, 2.75) is 6.54 Å². The van der Waals surface area contributed by atoms with Crippen LogP contribution >= 0.6 is 11.3 Å². The second-order valence-electron chi connectivity index (χ2n) is 6.87. The van der Waals surface area contributed by atoms with Gasteiger partial charge < -0.3 is 9.26 Å². The number of hydrogen-bond donors (Lipinski definition) is 0. The maximum absolute atomic E-state index is 13.8.